The van der Waals surface area contributed by atoms with E-state index in [4.69, 9.17) is 18.6 Å². The Bertz CT molecular complexity index is 798. The van der Waals surface area contributed by atoms with E-state index in [-0.39, 0.29) is 22.8 Å². The highest BCUT2D eigenvalue weighted by molar-refractivity contribution is 6.00. The van der Waals surface area contributed by atoms with E-state index < -0.39 is 29.0 Å². The van der Waals surface area contributed by atoms with Crippen LogP contribution in [0.1, 0.15) is 38.0 Å². The number of methoxy groups -OCH3 is 2. The van der Waals surface area contributed by atoms with Crippen LogP contribution in [0.25, 0.3) is 0 Å². The predicted octanol–water partition coefficient (Wildman–Crippen LogP) is 1.37. The molecule has 0 bridgehead atoms. The van der Waals surface area contributed by atoms with Crippen molar-refractivity contribution in [2.24, 2.45) is 0 Å². The van der Waals surface area contributed by atoms with E-state index in [1.807, 2.05) is 20.8 Å². The summed E-state index contributed by atoms with van der Waals surface area (Å²) in [6.45, 7) is 7.14. The van der Waals surface area contributed by atoms with Crippen molar-refractivity contribution in [1.82, 2.24) is 5.32 Å². The Kier molecular flexibility index (Phi) is 4.92. The second-order valence-electron chi connectivity index (χ2n) is 6.59. The number of carbonyl (C=O) groups is 2. The number of nitrogens with one attached hydrogen (secondary N) is 1. The molecule has 136 valence electrons. The maximum Gasteiger partial charge on any atom is 0.344 e. The molecule has 1 N–H and O–H groups in total. The van der Waals surface area contributed by atoms with E-state index in [1.165, 1.54) is 20.3 Å². The van der Waals surface area contributed by atoms with Gasteiger partial charge in [0.2, 0.25) is 5.88 Å². The van der Waals surface area contributed by atoms with Gasteiger partial charge in [0, 0.05) is 11.6 Å². The summed E-state index contributed by atoms with van der Waals surface area (Å²) >= 11 is 0. The number of rotatable bonds is 3. The first kappa shape index (κ1) is 18.6. The van der Waals surface area contributed by atoms with Crippen LogP contribution in [-0.4, -0.2) is 31.7 Å². The lowest BCUT2D eigenvalue weighted by Gasteiger charge is -2.31. The number of hydrogen-bond donors (Lipinski definition) is 1. The molecule has 1 aromatic heterocycles. The molecular formula is C17H21NO7. The first-order chi connectivity index (χ1) is 11.6. The Morgan fingerprint density at radius 3 is 2.36 bits per heavy atom. The van der Waals surface area contributed by atoms with Gasteiger partial charge in [-0.3, -0.25) is 4.79 Å². The summed E-state index contributed by atoms with van der Waals surface area (Å²) in [5.74, 6) is -2.45. The first-order valence-electron chi connectivity index (χ1n) is 7.60. The van der Waals surface area contributed by atoms with Crippen molar-refractivity contribution in [1.29, 1.82) is 0 Å². The molecule has 0 saturated carbocycles. The number of hydrogen-bond acceptors (Lipinski definition) is 8. The highest BCUT2D eigenvalue weighted by Crippen LogP contribution is 2.38. The van der Waals surface area contributed by atoms with Crippen LogP contribution in [-0.2, 0) is 19.1 Å². The highest BCUT2D eigenvalue weighted by Gasteiger charge is 2.43. The van der Waals surface area contributed by atoms with Crippen LogP contribution in [0.4, 0.5) is 0 Å². The molecular weight excluding hydrogens is 330 g/mol. The SMILES string of the molecule is COC(=O)C1=C(NC(C)(C)C)Oc2cc(C)oc(=O)c2C1C(=O)OC. The van der Waals surface area contributed by atoms with E-state index >= 15 is 0 Å². The average molecular weight is 351 g/mol. The summed E-state index contributed by atoms with van der Waals surface area (Å²) < 4.78 is 20.4. The lowest BCUT2D eigenvalue weighted by molar-refractivity contribution is -0.145. The van der Waals surface area contributed by atoms with Crippen molar-refractivity contribution in [3.8, 4) is 5.75 Å². The molecule has 2 heterocycles. The molecule has 8 heteroatoms. The Morgan fingerprint density at radius 1 is 1.20 bits per heavy atom. The zero-order valence-corrected chi connectivity index (χ0v) is 15.0. The third-order valence-electron chi connectivity index (χ3n) is 3.44. The molecule has 0 spiro atoms. The van der Waals surface area contributed by atoms with E-state index in [1.54, 1.807) is 6.92 Å². The normalized spacial score (nSPS) is 16.6. The number of aryl methyl sites for hydroxylation is 1. The van der Waals surface area contributed by atoms with Crippen LogP contribution >= 0.6 is 0 Å². The van der Waals surface area contributed by atoms with Crippen molar-refractivity contribution in [3.05, 3.63) is 39.3 Å². The molecule has 0 aliphatic carbocycles. The monoisotopic (exact) mass is 351 g/mol. The fourth-order valence-electron chi connectivity index (χ4n) is 2.49. The molecule has 0 fully saturated rings. The van der Waals surface area contributed by atoms with Gasteiger partial charge in [-0.15, -0.1) is 0 Å². The summed E-state index contributed by atoms with van der Waals surface area (Å²) in [6.07, 6.45) is 0. The molecule has 0 saturated heterocycles. The van der Waals surface area contributed by atoms with Gasteiger partial charge in [-0.25, -0.2) is 9.59 Å². The van der Waals surface area contributed by atoms with E-state index in [0.29, 0.717) is 5.76 Å². The molecule has 0 amide bonds. The quantitative estimate of drug-likeness (QED) is 0.814. The van der Waals surface area contributed by atoms with Gasteiger partial charge in [0.15, 0.2) is 0 Å². The molecule has 1 unspecified atom stereocenters. The van der Waals surface area contributed by atoms with Crippen LogP contribution in [0.15, 0.2) is 26.7 Å². The highest BCUT2D eigenvalue weighted by atomic mass is 16.5. The van der Waals surface area contributed by atoms with E-state index in [2.05, 4.69) is 5.32 Å². The van der Waals surface area contributed by atoms with Crippen LogP contribution < -0.4 is 15.7 Å². The minimum atomic E-state index is -1.32. The number of ether oxygens (including phenoxy) is 3. The van der Waals surface area contributed by atoms with Gasteiger partial charge in [-0.2, -0.15) is 0 Å². The number of carbonyl (C=O) groups excluding carboxylic acids is 2. The van der Waals surface area contributed by atoms with Gasteiger partial charge in [0.1, 0.15) is 23.0 Å². The third-order valence-corrected chi connectivity index (χ3v) is 3.44. The van der Waals surface area contributed by atoms with Crippen molar-refractivity contribution in [2.75, 3.05) is 14.2 Å². The zero-order valence-electron chi connectivity index (χ0n) is 15.0. The third kappa shape index (κ3) is 3.67. The first-order valence-corrected chi connectivity index (χ1v) is 7.60. The predicted molar refractivity (Wildman–Crippen MR) is 87.0 cm³/mol. The minimum Gasteiger partial charge on any atom is -0.468 e. The molecule has 0 radical (unpaired) electrons. The van der Waals surface area contributed by atoms with Gasteiger partial charge < -0.3 is 23.9 Å². The smallest absolute Gasteiger partial charge is 0.344 e. The molecule has 1 aromatic rings. The molecule has 1 aliphatic heterocycles. The standard InChI is InChI=1S/C17H21NO7/c1-8-7-9-10(16(21)24-8)11(14(19)22-5)12(15(20)23-6)13(25-9)18-17(2,3)4/h7,11,18H,1-6H3. The Hall–Kier alpha value is -2.77. The zero-order chi connectivity index (χ0) is 18.9. The largest absolute Gasteiger partial charge is 0.468 e. The second kappa shape index (κ2) is 6.62. The van der Waals surface area contributed by atoms with Crippen LogP contribution in [0.2, 0.25) is 0 Å². The molecule has 1 aliphatic rings. The van der Waals surface area contributed by atoms with Crippen molar-refractivity contribution in [3.63, 3.8) is 0 Å². The molecule has 0 aromatic carbocycles. The topological polar surface area (TPSA) is 104 Å². The summed E-state index contributed by atoms with van der Waals surface area (Å²) in [7, 11) is 2.34. The van der Waals surface area contributed by atoms with Gasteiger partial charge in [0.25, 0.3) is 0 Å². The summed E-state index contributed by atoms with van der Waals surface area (Å²) in [4.78, 5) is 37.0. The summed E-state index contributed by atoms with van der Waals surface area (Å²) in [6, 6.07) is 1.48. The lowest BCUT2D eigenvalue weighted by atomic mass is 9.89. The molecule has 25 heavy (non-hydrogen) atoms. The maximum atomic E-state index is 12.4. The Balaban J connectivity index is 2.77. The molecule has 2 rings (SSSR count). The minimum absolute atomic E-state index is 0.0345. The molecule has 8 nitrogen and oxygen atoms in total. The van der Waals surface area contributed by atoms with Crippen LogP contribution in [0, 0.1) is 6.92 Å². The fraction of sp³-hybridized carbons (Fsp3) is 0.471. The Labute approximate surface area is 144 Å². The van der Waals surface area contributed by atoms with Gasteiger partial charge >= 0.3 is 17.6 Å². The van der Waals surface area contributed by atoms with Gasteiger partial charge in [0.05, 0.1) is 19.8 Å². The molecule has 1 atom stereocenters. The summed E-state index contributed by atoms with van der Waals surface area (Å²) in [5.41, 5.74) is -1.51. The van der Waals surface area contributed by atoms with Crippen molar-refractivity contribution < 1.29 is 28.2 Å². The fourth-order valence-corrected chi connectivity index (χ4v) is 2.49. The Morgan fingerprint density at radius 2 is 1.84 bits per heavy atom. The maximum absolute atomic E-state index is 12.4. The van der Waals surface area contributed by atoms with Crippen molar-refractivity contribution in [2.45, 2.75) is 39.2 Å². The number of fused-ring (bicyclic) bond motifs is 1. The summed E-state index contributed by atoms with van der Waals surface area (Å²) in [5, 5.41) is 3.03. The lowest BCUT2D eigenvalue weighted by Crippen LogP contribution is -2.42. The van der Waals surface area contributed by atoms with Crippen LogP contribution in [0.3, 0.4) is 0 Å². The average Bonchev–Trinajstić information content (AvgIpc) is 2.50. The van der Waals surface area contributed by atoms with E-state index in [9.17, 15) is 14.4 Å². The van der Waals surface area contributed by atoms with Gasteiger partial charge in [-0.05, 0) is 27.7 Å². The van der Waals surface area contributed by atoms with Crippen LogP contribution in [0.5, 0.6) is 5.75 Å². The second-order valence-corrected chi connectivity index (χ2v) is 6.59. The van der Waals surface area contributed by atoms with Crippen molar-refractivity contribution >= 4 is 11.9 Å². The van der Waals surface area contributed by atoms with Gasteiger partial charge in [-0.1, -0.05) is 0 Å². The van der Waals surface area contributed by atoms with E-state index in [0.717, 1.165) is 0 Å². The number of esters is 2.